The second-order valence-electron chi connectivity index (χ2n) is 9.44. The maximum Gasteiger partial charge on any atom is 0.343 e. The van der Waals surface area contributed by atoms with E-state index in [9.17, 15) is 4.79 Å². The maximum atomic E-state index is 12.5. The fourth-order valence-electron chi connectivity index (χ4n) is 4.08. The molecular formula is C32H41NO3. The van der Waals surface area contributed by atoms with Crippen LogP contribution in [0.4, 0.5) is 0 Å². The molecule has 1 aromatic heterocycles. The van der Waals surface area contributed by atoms with Crippen molar-refractivity contribution in [2.45, 2.75) is 84.5 Å². The molecular weight excluding hydrogens is 446 g/mol. The van der Waals surface area contributed by atoms with Gasteiger partial charge in [-0.1, -0.05) is 70.6 Å². The molecule has 192 valence electrons. The fourth-order valence-corrected chi connectivity index (χ4v) is 4.08. The summed E-state index contributed by atoms with van der Waals surface area (Å²) in [6.07, 6.45) is 14.7. The molecule has 0 radical (unpaired) electrons. The number of nitrogens with zero attached hydrogens (tertiary/aromatic N) is 1. The van der Waals surface area contributed by atoms with Gasteiger partial charge in [0.25, 0.3) is 0 Å². The van der Waals surface area contributed by atoms with Crippen LogP contribution in [0.5, 0.6) is 11.5 Å². The Morgan fingerprint density at radius 1 is 0.667 bits per heavy atom. The molecule has 4 heteroatoms. The molecule has 0 spiro atoms. The molecule has 0 aliphatic heterocycles. The van der Waals surface area contributed by atoms with E-state index in [0.29, 0.717) is 17.9 Å². The van der Waals surface area contributed by atoms with Gasteiger partial charge in [-0.3, -0.25) is 4.98 Å². The quantitative estimate of drug-likeness (QED) is 0.116. The van der Waals surface area contributed by atoms with Crippen LogP contribution in [0.15, 0.2) is 66.9 Å². The van der Waals surface area contributed by atoms with Crippen LogP contribution in [0.1, 0.15) is 92.4 Å². The van der Waals surface area contributed by atoms with Crippen molar-refractivity contribution in [1.82, 2.24) is 4.98 Å². The number of benzene rings is 2. The van der Waals surface area contributed by atoms with Crippen LogP contribution in [-0.4, -0.2) is 17.6 Å². The minimum atomic E-state index is -0.364. The highest BCUT2D eigenvalue weighted by atomic mass is 16.5. The van der Waals surface area contributed by atoms with E-state index in [1.165, 1.54) is 56.1 Å². The van der Waals surface area contributed by atoms with E-state index in [1.54, 1.807) is 12.1 Å². The van der Waals surface area contributed by atoms with E-state index >= 15 is 0 Å². The first-order valence-corrected chi connectivity index (χ1v) is 13.7. The summed E-state index contributed by atoms with van der Waals surface area (Å²) < 4.78 is 11.3. The normalized spacial score (nSPS) is 10.8. The summed E-state index contributed by atoms with van der Waals surface area (Å²) in [6, 6.07) is 19.3. The van der Waals surface area contributed by atoms with Gasteiger partial charge in [0.15, 0.2) is 0 Å². The van der Waals surface area contributed by atoms with Gasteiger partial charge < -0.3 is 9.47 Å². The summed E-state index contributed by atoms with van der Waals surface area (Å²) in [5.74, 6) is 0.967. The molecule has 3 aromatic rings. The van der Waals surface area contributed by atoms with Gasteiger partial charge in [0.1, 0.15) is 11.5 Å². The Hall–Kier alpha value is -3.14. The smallest absolute Gasteiger partial charge is 0.343 e. The Balaban J connectivity index is 1.40. The van der Waals surface area contributed by atoms with Crippen molar-refractivity contribution in [3.8, 4) is 11.5 Å². The van der Waals surface area contributed by atoms with Gasteiger partial charge in [0, 0.05) is 11.9 Å². The highest BCUT2D eigenvalue weighted by Gasteiger charge is 2.09. The first-order valence-electron chi connectivity index (χ1n) is 13.7. The third-order valence-electron chi connectivity index (χ3n) is 6.37. The minimum Gasteiger partial charge on any atom is -0.494 e. The average Bonchev–Trinajstić information content (AvgIpc) is 2.91. The summed E-state index contributed by atoms with van der Waals surface area (Å²) in [5.41, 5.74) is 4.13. The highest BCUT2D eigenvalue weighted by molar-refractivity contribution is 5.91. The third-order valence-corrected chi connectivity index (χ3v) is 6.37. The number of carbonyl (C=O) groups is 1. The van der Waals surface area contributed by atoms with Crippen LogP contribution in [0, 0.1) is 0 Å². The van der Waals surface area contributed by atoms with Crippen molar-refractivity contribution < 1.29 is 14.3 Å². The molecule has 0 aliphatic carbocycles. The predicted octanol–water partition coefficient (Wildman–Crippen LogP) is 8.17. The van der Waals surface area contributed by atoms with E-state index < -0.39 is 0 Å². The molecule has 0 N–H and O–H groups in total. The lowest BCUT2D eigenvalue weighted by Crippen LogP contribution is -2.08. The van der Waals surface area contributed by atoms with E-state index in [0.717, 1.165) is 37.1 Å². The zero-order chi connectivity index (χ0) is 25.4. The number of esters is 1. The Morgan fingerprint density at radius 2 is 1.33 bits per heavy atom. The van der Waals surface area contributed by atoms with E-state index in [1.807, 2.05) is 42.6 Å². The van der Waals surface area contributed by atoms with E-state index in [-0.39, 0.29) is 5.97 Å². The number of carbonyl (C=O) groups excluding carboxylic acids is 1. The number of unbranched alkanes of at least 4 members (excludes halogenated alkanes) is 6. The Kier molecular flexibility index (Phi) is 12.0. The molecule has 0 unspecified atom stereocenters. The van der Waals surface area contributed by atoms with Crippen LogP contribution in [0.2, 0.25) is 0 Å². The Morgan fingerprint density at radius 3 is 2.03 bits per heavy atom. The summed E-state index contributed by atoms with van der Waals surface area (Å²) in [4.78, 5) is 17.1. The van der Waals surface area contributed by atoms with Crippen LogP contribution in [0.3, 0.4) is 0 Å². The zero-order valence-electron chi connectivity index (χ0n) is 22.0. The predicted molar refractivity (Wildman–Crippen MR) is 147 cm³/mol. The lowest BCUT2D eigenvalue weighted by molar-refractivity contribution is 0.0734. The topological polar surface area (TPSA) is 48.4 Å². The van der Waals surface area contributed by atoms with E-state index in [4.69, 9.17) is 9.47 Å². The SMILES string of the molecule is CCCCCCCOc1ccc(C(=O)Oc2ccc(CCc3ccc(CCCCC)cn3)cc2)cc1. The summed E-state index contributed by atoms with van der Waals surface area (Å²) in [7, 11) is 0. The Bertz CT molecular complexity index is 1010. The number of rotatable bonds is 16. The van der Waals surface area contributed by atoms with Crippen molar-refractivity contribution >= 4 is 5.97 Å². The number of hydrogen-bond donors (Lipinski definition) is 0. The van der Waals surface area contributed by atoms with Crippen LogP contribution >= 0.6 is 0 Å². The number of pyridine rings is 1. The van der Waals surface area contributed by atoms with Crippen LogP contribution < -0.4 is 9.47 Å². The molecule has 0 saturated heterocycles. The molecule has 2 aromatic carbocycles. The third kappa shape index (κ3) is 9.85. The van der Waals surface area contributed by atoms with Gasteiger partial charge in [0.05, 0.1) is 12.2 Å². The number of hydrogen-bond acceptors (Lipinski definition) is 4. The molecule has 1 heterocycles. The fraction of sp³-hybridized carbons (Fsp3) is 0.438. The maximum absolute atomic E-state index is 12.5. The van der Waals surface area contributed by atoms with Crippen LogP contribution in [-0.2, 0) is 19.3 Å². The van der Waals surface area contributed by atoms with Gasteiger partial charge in [-0.05, 0) is 85.7 Å². The van der Waals surface area contributed by atoms with Crippen molar-refractivity contribution in [3.05, 3.63) is 89.2 Å². The molecule has 0 amide bonds. The standard InChI is InChI=1S/C32H41NO3/c1-3-5-7-8-10-24-35-30-22-16-28(17-23-30)32(34)36-31-20-14-26(15-21-31)12-18-29-19-13-27(25-33-29)11-9-6-4-2/h13-17,19-23,25H,3-12,18,24H2,1-2H3. The lowest BCUT2D eigenvalue weighted by Gasteiger charge is -2.08. The van der Waals surface area contributed by atoms with Gasteiger partial charge >= 0.3 is 5.97 Å². The molecule has 0 atom stereocenters. The molecule has 0 fully saturated rings. The lowest BCUT2D eigenvalue weighted by atomic mass is 10.1. The van der Waals surface area contributed by atoms with Gasteiger partial charge in [-0.15, -0.1) is 0 Å². The van der Waals surface area contributed by atoms with Crippen molar-refractivity contribution in [3.63, 3.8) is 0 Å². The second kappa shape index (κ2) is 15.8. The molecule has 4 nitrogen and oxygen atoms in total. The largest absolute Gasteiger partial charge is 0.494 e. The van der Waals surface area contributed by atoms with Gasteiger partial charge in [-0.25, -0.2) is 4.79 Å². The highest BCUT2D eigenvalue weighted by Crippen LogP contribution is 2.18. The summed E-state index contributed by atoms with van der Waals surface area (Å²) >= 11 is 0. The van der Waals surface area contributed by atoms with Gasteiger partial charge in [0.2, 0.25) is 0 Å². The number of aromatic nitrogens is 1. The molecule has 0 bridgehead atoms. The number of aryl methyl sites for hydroxylation is 3. The second-order valence-corrected chi connectivity index (χ2v) is 9.44. The Labute approximate surface area is 217 Å². The minimum absolute atomic E-state index is 0.364. The zero-order valence-corrected chi connectivity index (χ0v) is 22.0. The van der Waals surface area contributed by atoms with Crippen LogP contribution in [0.25, 0.3) is 0 Å². The molecule has 36 heavy (non-hydrogen) atoms. The van der Waals surface area contributed by atoms with Crippen molar-refractivity contribution in [2.24, 2.45) is 0 Å². The summed E-state index contributed by atoms with van der Waals surface area (Å²) in [6.45, 7) is 5.15. The van der Waals surface area contributed by atoms with Crippen molar-refractivity contribution in [1.29, 1.82) is 0 Å². The molecule has 0 aliphatic rings. The van der Waals surface area contributed by atoms with Crippen molar-refractivity contribution in [2.75, 3.05) is 6.61 Å². The molecule has 3 rings (SSSR count). The molecule has 0 saturated carbocycles. The summed E-state index contributed by atoms with van der Waals surface area (Å²) in [5, 5.41) is 0. The average molecular weight is 488 g/mol. The monoisotopic (exact) mass is 487 g/mol. The van der Waals surface area contributed by atoms with Gasteiger partial charge in [-0.2, -0.15) is 0 Å². The number of ether oxygens (including phenoxy) is 2. The van der Waals surface area contributed by atoms with E-state index in [2.05, 4.69) is 31.0 Å². The first kappa shape index (κ1) is 27.4. The first-order chi connectivity index (χ1) is 17.7.